The Labute approximate surface area is 212 Å². The van der Waals surface area contributed by atoms with Crippen LogP contribution in [0.3, 0.4) is 0 Å². The van der Waals surface area contributed by atoms with Gasteiger partial charge in [0, 0.05) is 49.0 Å². The van der Waals surface area contributed by atoms with Gasteiger partial charge in [0.15, 0.2) is 5.75 Å². The van der Waals surface area contributed by atoms with Crippen molar-refractivity contribution in [2.75, 3.05) is 19.4 Å². The lowest BCUT2D eigenvalue weighted by Gasteiger charge is -2.30. The van der Waals surface area contributed by atoms with Crippen LogP contribution in [0, 0.1) is 0 Å². The van der Waals surface area contributed by atoms with E-state index in [4.69, 9.17) is 9.72 Å². The zero-order chi connectivity index (χ0) is 25.4. The Balaban J connectivity index is 1.60. The molecule has 1 aliphatic heterocycles. The summed E-state index contributed by atoms with van der Waals surface area (Å²) in [7, 11) is 3.43. The summed E-state index contributed by atoms with van der Waals surface area (Å²) in [6.45, 7) is 3.73. The maximum Gasteiger partial charge on any atom is 0.253 e. The van der Waals surface area contributed by atoms with Crippen molar-refractivity contribution in [1.82, 2.24) is 25.1 Å². The minimum Gasteiger partial charge on any atom is -0.437 e. The van der Waals surface area contributed by atoms with Crippen LogP contribution in [-0.2, 0) is 16.6 Å². The molecular weight excluding hydrogens is 476 g/mol. The Morgan fingerprint density at radius 1 is 1.14 bits per heavy atom. The third kappa shape index (κ3) is 4.31. The second-order valence-corrected chi connectivity index (χ2v) is 10.0. The van der Waals surface area contributed by atoms with E-state index in [1.807, 2.05) is 38.1 Å². The summed E-state index contributed by atoms with van der Waals surface area (Å²) in [4.78, 5) is 36.2. The molecule has 0 saturated carbocycles. The van der Waals surface area contributed by atoms with E-state index >= 15 is 0 Å². The van der Waals surface area contributed by atoms with Gasteiger partial charge in [-0.1, -0.05) is 23.5 Å². The molecule has 3 aromatic heterocycles. The van der Waals surface area contributed by atoms with Gasteiger partial charge in [-0.15, -0.1) is 10.2 Å². The highest BCUT2D eigenvalue weighted by Crippen LogP contribution is 2.42. The van der Waals surface area contributed by atoms with E-state index in [1.165, 1.54) is 16.2 Å². The zero-order valence-electron chi connectivity index (χ0n) is 20.3. The predicted molar refractivity (Wildman–Crippen MR) is 136 cm³/mol. The fourth-order valence-corrected chi connectivity index (χ4v) is 4.54. The summed E-state index contributed by atoms with van der Waals surface area (Å²) < 4.78 is 6.17. The molecule has 1 aromatic carbocycles. The molecule has 9 nitrogen and oxygen atoms in total. The molecule has 0 saturated heterocycles. The number of ether oxygens (including phenoxy) is 1. The molecule has 5 rings (SSSR count). The molecule has 1 aliphatic rings. The highest BCUT2D eigenvalue weighted by Gasteiger charge is 2.36. The third-order valence-electron chi connectivity index (χ3n) is 6.19. The molecule has 0 fully saturated rings. The van der Waals surface area contributed by atoms with Crippen molar-refractivity contribution in [2.45, 2.75) is 25.7 Å². The molecule has 182 valence electrons. The van der Waals surface area contributed by atoms with Gasteiger partial charge in [-0.05, 0) is 43.7 Å². The van der Waals surface area contributed by atoms with Crippen molar-refractivity contribution in [2.24, 2.45) is 0 Å². The molecule has 10 heteroatoms. The Morgan fingerprint density at radius 2 is 1.92 bits per heavy atom. The number of pyridine rings is 2. The fraction of sp³-hybridized carbons (Fsp3) is 0.231. The molecule has 0 radical (unpaired) electrons. The first-order valence-corrected chi connectivity index (χ1v) is 12.2. The first kappa shape index (κ1) is 23.6. The smallest absolute Gasteiger partial charge is 0.253 e. The van der Waals surface area contributed by atoms with Gasteiger partial charge in [-0.25, -0.2) is 4.98 Å². The second-order valence-electron chi connectivity index (χ2n) is 9.20. The van der Waals surface area contributed by atoms with E-state index in [-0.39, 0.29) is 11.8 Å². The molecule has 0 atom stereocenters. The lowest BCUT2D eigenvalue weighted by Crippen LogP contribution is -2.36. The number of hydrogen-bond donors (Lipinski definition) is 1. The van der Waals surface area contributed by atoms with Gasteiger partial charge in [-0.3, -0.25) is 19.9 Å². The van der Waals surface area contributed by atoms with E-state index in [1.54, 1.807) is 44.1 Å². The minimum atomic E-state index is -0.942. The van der Waals surface area contributed by atoms with Gasteiger partial charge in [0.2, 0.25) is 16.9 Å². The summed E-state index contributed by atoms with van der Waals surface area (Å²) in [5.41, 5.74) is 5.25. The molecule has 0 aliphatic carbocycles. The van der Waals surface area contributed by atoms with Crippen molar-refractivity contribution in [3.63, 3.8) is 0 Å². The monoisotopic (exact) mass is 500 g/mol. The van der Waals surface area contributed by atoms with Crippen molar-refractivity contribution in [1.29, 1.82) is 0 Å². The lowest BCUT2D eigenvalue weighted by atomic mass is 9.79. The van der Waals surface area contributed by atoms with Crippen molar-refractivity contribution < 1.29 is 14.3 Å². The topological polar surface area (TPSA) is 110 Å². The second kappa shape index (κ2) is 9.12. The largest absolute Gasteiger partial charge is 0.437 e. The molecule has 0 spiro atoms. The number of benzene rings is 1. The van der Waals surface area contributed by atoms with Crippen LogP contribution in [0.2, 0.25) is 0 Å². The lowest BCUT2D eigenvalue weighted by molar-refractivity contribution is -0.120. The van der Waals surface area contributed by atoms with E-state index in [9.17, 15) is 9.59 Å². The van der Waals surface area contributed by atoms with Crippen LogP contribution in [0.25, 0.3) is 11.3 Å². The molecule has 1 N–H and O–H groups in total. The van der Waals surface area contributed by atoms with E-state index < -0.39 is 5.41 Å². The Hall–Kier alpha value is -4.18. The number of rotatable bonds is 5. The van der Waals surface area contributed by atoms with Crippen LogP contribution < -0.4 is 10.1 Å². The normalized spacial score (nSPS) is 12.2. The summed E-state index contributed by atoms with van der Waals surface area (Å²) >= 11 is 1.26. The molecule has 4 aromatic rings. The number of carbonyl (C=O) groups is 2. The first-order chi connectivity index (χ1) is 17.2. The standard InChI is InChI=1S/C26H24N6O3S/c1-26(2,24(34)30-25-31-28-14-36-25)19-12-20(15-5-7-16(8-6-15)23(33)32(3)4)29-22-18(19)11-17-9-10-27-13-21(17)35-22/h5-10,12-14H,11H2,1-4H3,(H,30,31,34). The quantitative estimate of drug-likeness (QED) is 0.383. The Bertz CT molecular complexity index is 1450. The Kier molecular flexibility index (Phi) is 5.97. The molecule has 0 bridgehead atoms. The highest BCUT2D eigenvalue weighted by atomic mass is 32.1. The van der Waals surface area contributed by atoms with Gasteiger partial charge in [0.05, 0.1) is 17.3 Å². The number of anilines is 1. The van der Waals surface area contributed by atoms with Gasteiger partial charge in [0.1, 0.15) is 5.51 Å². The fourth-order valence-electron chi connectivity index (χ4n) is 4.10. The molecular formula is C26H24N6O3S. The molecule has 4 heterocycles. The number of fused-ring (bicyclic) bond motifs is 2. The van der Waals surface area contributed by atoms with Crippen LogP contribution in [0.4, 0.5) is 5.13 Å². The molecule has 0 unspecified atom stereocenters. The number of nitrogens with one attached hydrogen (secondary N) is 1. The van der Waals surface area contributed by atoms with Gasteiger partial charge in [-0.2, -0.15) is 0 Å². The van der Waals surface area contributed by atoms with E-state index in [0.717, 1.165) is 22.3 Å². The number of nitrogens with zero attached hydrogens (tertiary/aromatic N) is 5. The van der Waals surface area contributed by atoms with Crippen molar-refractivity contribution in [3.05, 3.63) is 76.6 Å². The number of amides is 2. The van der Waals surface area contributed by atoms with Crippen LogP contribution in [0.5, 0.6) is 11.6 Å². The van der Waals surface area contributed by atoms with E-state index in [0.29, 0.717) is 34.4 Å². The average molecular weight is 501 g/mol. The summed E-state index contributed by atoms with van der Waals surface area (Å²) in [5.74, 6) is 0.783. The maximum atomic E-state index is 13.4. The third-order valence-corrected chi connectivity index (χ3v) is 6.79. The summed E-state index contributed by atoms with van der Waals surface area (Å²) in [5, 5.41) is 11.0. The average Bonchev–Trinajstić information content (AvgIpc) is 3.39. The molecule has 36 heavy (non-hydrogen) atoms. The summed E-state index contributed by atoms with van der Waals surface area (Å²) in [6.07, 6.45) is 3.95. The summed E-state index contributed by atoms with van der Waals surface area (Å²) in [6, 6.07) is 11.1. The maximum absolute atomic E-state index is 13.4. The zero-order valence-corrected chi connectivity index (χ0v) is 21.1. The Morgan fingerprint density at radius 3 is 2.61 bits per heavy atom. The van der Waals surface area contributed by atoms with Crippen molar-refractivity contribution >= 4 is 28.3 Å². The van der Waals surface area contributed by atoms with E-state index in [2.05, 4.69) is 20.5 Å². The predicted octanol–water partition coefficient (Wildman–Crippen LogP) is 4.31. The minimum absolute atomic E-state index is 0.0810. The SMILES string of the molecule is CN(C)C(=O)c1ccc(-c2cc(C(C)(C)C(=O)Nc3nncs3)c3c(n2)Oc2cnccc2C3)cc1. The van der Waals surface area contributed by atoms with Crippen molar-refractivity contribution in [3.8, 4) is 22.9 Å². The highest BCUT2D eigenvalue weighted by molar-refractivity contribution is 7.13. The van der Waals surface area contributed by atoms with Crippen LogP contribution in [-0.4, -0.2) is 51.0 Å². The molecule has 2 amide bonds. The van der Waals surface area contributed by atoms with Crippen LogP contribution in [0.1, 0.15) is 40.9 Å². The van der Waals surface area contributed by atoms with Gasteiger partial charge >= 0.3 is 0 Å². The number of carbonyl (C=O) groups excluding carboxylic acids is 2. The number of hydrogen-bond acceptors (Lipinski definition) is 8. The van der Waals surface area contributed by atoms with Gasteiger partial charge in [0.25, 0.3) is 5.91 Å². The van der Waals surface area contributed by atoms with Gasteiger partial charge < -0.3 is 9.64 Å². The van der Waals surface area contributed by atoms with Crippen LogP contribution >= 0.6 is 11.3 Å². The first-order valence-electron chi connectivity index (χ1n) is 11.3. The number of aromatic nitrogens is 4. The van der Waals surface area contributed by atoms with Crippen LogP contribution in [0.15, 0.2) is 54.3 Å².